The first-order chi connectivity index (χ1) is 6.31. The van der Waals surface area contributed by atoms with E-state index in [0.29, 0.717) is 5.96 Å². The van der Waals surface area contributed by atoms with Gasteiger partial charge < -0.3 is 11.1 Å². The minimum absolute atomic E-state index is 0. The zero-order valence-electron chi connectivity index (χ0n) is 9.08. The summed E-state index contributed by atoms with van der Waals surface area (Å²) in [6, 6.07) is 0. The standard InChI is InChI=1S/C9H21N3S.HI/c1-3-6-11-9(10)12-7-4-5-8-13-2;/h3-8H2,1-2H3,(H3,10,11,12);1H. The van der Waals surface area contributed by atoms with Crippen LogP contribution in [0.1, 0.15) is 26.2 Å². The molecule has 0 saturated heterocycles. The van der Waals surface area contributed by atoms with Crippen molar-refractivity contribution in [2.75, 3.05) is 25.1 Å². The lowest BCUT2D eigenvalue weighted by molar-refractivity contribution is 0.752. The van der Waals surface area contributed by atoms with Crippen molar-refractivity contribution < 1.29 is 0 Å². The van der Waals surface area contributed by atoms with E-state index < -0.39 is 0 Å². The van der Waals surface area contributed by atoms with E-state index in [1.807, 2.05) is 11.8 Å². The van der Waals surface area contributed by atoms with Gasteiger partial charge in [-0.1, -0.05) is 6.92 Å². The first-order valence-electron chi connectivity index (χ1n) is 4.84. The van der Waals surface area contributed by atoms with Gasteiger partial charge in [-0.2, -0.15) is 11.8 Å². The molecule has 0 unspecified atom stereocenters. The minimum Gasteiger partial charge on any atom is -0.370 e. The molecule has 3 nitrogen and oxygen atoms in total. The van der Waals surface area contributed by atoms with Gasteiger partial charge >= 0.3 is 0 Å². The van der Waals surface area contributed by atoms with Gasteiger partial charge in [0.05, 0.1) is 0 Å². The molecule has 0 aliphatic rings. The molecule has 0 aliphatic heterocycles. The molecule has 0 saturated carbocycles. The summed E-state index contributed by atoms with van der Waals surface area (Å²) in [5.41, 5.74) is 5.61. The fourth-order valence-electron chi connectivity index (χ4n) is 0.876. The summed E-state index contributed by atoms with van der Waals surface area (Å²) in [4.78, 5) is 4.14. The second-order valence-corrected chi connectivity index (χ2v) is 3.88. The number of nitrogens with zero attached hydrogens (tertiary/aromatic N) is 1. The van der Waals surface area contributed by atoms with Crippen LogP contribution in [-0.2, 0) is 0 Å². The number of halogens is 1. The van der Waals surface area contributed by atoms with Crippen LogP contribution in [-0.4, -0.2) is 31.1 Å². The smallest absolute Gasteiger partial charge is 0.188 e. The van der Waals surface area contributed by atoms with Gasteiger partial charge in [0, 0.05) is 13.1 Å². The normalized spacial score (nSPS) is 10.9. The molecule has 86 valence electrons. The van der Waals surface area contributed by atoms with Gasteiger partial charge in [-0.25, -0.2) is 0 Å². The Morgan fingerprint density at radius 1 is 1.43 bits per heavy atom. The molecule has 0 spiro atoms. The highest BCUT2D eigenvalue weighted by Crippen LogP contribution is 1.97. The summed E-state index contributed by atoms with van der Waals surface area (Å²) < 4.78 is 0. The summed E-state index contributed by atoms with van der Waals surface area (Å²) in [6.07, 6.45) is 5.60. The summed E-state index contributed by atoms with van der Waals surface area (Å²) in [5, 5.41) is 3.09. The van der Waals surface area contributed by atoms with Crippen molar-refractivity contribution in [2.45, 2.75) is 26.2 Å². The highest BCUT2D eigenvalue weighted by atomic mass is 127. The number of nitrogens with one attached hydrogen (secondary N) is 1. The molecule has 0 fully saturated rings. The van der Waals surface area contributed by atoms with Crippen LogP contribution in [0, 0.1) is 0 Å². The number of nitrogens with two attached hydrogens (primary N) is 1. The van der Waals surface area contributed by atoms with Gasteiger partial charge in [0.25, 0.3) is 0 Å². The molecule has 0 radical (unpaired) electrons. The lowest BCUT2D eigenvalue weighted by Gasteiger charge is -2.04. The van der Waals surface area contributed by atoms with Crippen LogP contribution in [0.4, 0.5) is 0 Å². The summed E-state index contributed by atoms with van der Waals surface area (Å²) in [5.74, 6) is 1.82. The quantitative estimate of drug-likeness (QED) is 0.325. The Morgan fingerprint density at radius 3 is 2.71 bits per heavy atom. The molecule has 0 heterocycles. The Bertz CT molecular complexity index is 142. The van der Waals surface area contributed by atoms with Crippen molar-refractivity contribution in [1.29, 1.82) is 0 Å². The molecule has 0 aliphatic carbocycles. The molecule has 0 atom stereocenters. The molecular formula is C9H22IN3S. The van der Waals surface area contributed by atoms with E-state index in [1.165, 1.54) is 18.6 Å². The first-order valence-corrected chi connectivity index (χ1v) is 6.23. The predicted molar refractivity (Wildman–Crippen MR) is 77.8 cm³/mol. The van der Waals surface area contributed by atoms with Crippen LogP contribution in [0.25, 0.3) is 0 Å². The number of hydrogen-bond acceptors (Lipinski definition) is 2. The number of unbranched alkanes of at least 4 members (excludes halogenated alkanes) is 1. The number of aliphatic imine (C=N–C) groups is 1. The second-order valence-electron chi connectivity index (χ2n) is 2.89. The molecule has 0 aromatic rings. The van der Waals surface area contributed by atoms with E-state index in [4.69, 9.17) is 5.73 Å². The van der Waals surface area contributed by atoms with Crippen LogP contribution in [0.15, 0.2) is 4.99 Å². The maximum atomic E-state index is 5.61. The molecule has 14 heavy (non-hydrogen) atoms. The minimum atomic E-state index is 0. The highest BCUT2D eigenvalue weighted by molar-refractivity contribution is 14.0. The van der Waals surface area contributed by atoms with E-state index in [2.05, 4.69) is 23.5 Å². The van der Waals surface area contributed by atoms with Crippen molar-refractivity contribution >= 4 is 41.7 Å². The topological polar surface area (TPSA) is 50.4 Å². The molecule has 5 heteroatoms. The Hall–Kier alpha value is 0.350. The summed E-state index contributed by atoms with van der Waals surface area (Å²) in [7, 11) is 0. The van der Waals surface area contributed by atoms with Gasteiger partial charge in [0.15, 0.2) is 5.96 Å². The first kappa shape index (κ1) is 16.8. The summed E-state index contributed by atoms with van der Waals surface area (Å²) >= 11 is 1.89. The SMILES string of the molecule is CCCN=C(N)NCCCCSC.I. The molecule has 0 rings (SSSR count). The van der Waals surface area contributed by atoms with E-state index in [1.54, 1.807) is 0 Å². The third-order valence-electron chi connectivity index (χ3n) is 1.59. The predicted octanol–water partition coefficient (Wildman–Crippen LogP) is 2.06. The molecule has 0 amide bonds. The second kappa shape index (κ2) is 13.4. The van der Waals surface area contributed by atoms with Crippen molar-refractivity contribution in [3.63, 3.8) is 0 Å². The Morgan fingerprint density at radius 2 is 2.14 bits per heavy atom. The van der Waals surface area contributed by atoms with Crippen LogP contribution < -0.4 is 11.1 Å². The van der Waals surface area contributed by atoms with E-state index in [9.17, 15) is 0 Å². The third-order valence-corrected chi connectivity index (χ3v) is 2.28. The fourth-order valence-corrected chi connectivity index (χ4v) is 1.37. The average Bonchev–Trinajstić information content (AvgIpc) is 2.14. The molecule has 0 bridgehead atoms. The Balaban J connectivity index is 0. The average molecular weight is 331 g/mol. The maximum Gasteiger partial charge on any atom is 0.188 e. The van der Waals surface area contributed by atoms with Crippen LogP contribution in [0.5, 0.6) is 0 Å². The number of thioether (sulfide) groups is 1. The zero-order chi connectivity index (χ0) is 9.94. The Kier molecular flexibility index (Phi) is 16.0. The van der Waals surface area contributed by atoms with Crippen LogP contribution in [0.3, 0.4) is 0 Å². The van der Waals surface area contributed by atoms with Crippen LogP contribution >= 0.6 is 35.7 Å². The molecule has 0 aromatic carbocycles. The molecule has 3 N–H and O–H groups in total. The highest BCUT2D eigenvalue weighted by Gasteiger charge is 1.90. The number of guanidine groups is 1. The largest absolute Gasteiger partial charge is 0.370 e. The van der Waals surface area contributed by atoms with Crippen molar-refractivity contribution in [2.24, 2.45) is 10.7 Å². The lowest BCUT2D eigenvalue weighted by atomic mass is 10.3. The number of rotatable bonds is 7. The molecule has 0 aromatic heterocycles. The fraction of sp³-hybridized carbons (Fsp3) is 0.889. The zero-order valence-corrected chi connectivity index (χ0v) is 12.2. The maximum absolute atomic E-state index is 5.61. The van der Waals surface area contributed by atoms with Gasteiger partial charge in [0.1, 0.15) is 0 Å². The number of hydrogen-bond donors (Lipinski definition) is 2. The summed E-state index contributed by atoms with van der Waals surface area (Å²) in [6.45, 7) is 3.86. The van der Waals surface area contributed by atoms with Crippen molar-refractivity contribution in [1.82, 2.24) is 5.32 Å². The van der Waals surface area contributed by atoms with Gasteiger partial charge in [0.2, 0.25) is 0 Å². The monoisotopic (exact) mass is 331 g/mol. The van der Waals surface area contributed by atoms with E-state index >= 15 is 0 Å². The van der Waals surface area contributed by atoms with Gasteiger partial charge in [-0.15, -0.1) is 24.0 Å². The Labute approximate surface area is 109 Å². The van der Waals surface area contributed by atoms with Crippen LogP contribution in [0.2, 0.25) is 0 Å². The van der Waals surface area contributed by atoms with E-state index in [-0.39, 0.29) is 24.0 Å². The van der Waals surface area contributed by atoms with E-state index in [0.717, 1.165) is 19.5 Å². The third kappa shape index (κ3) is 12.3. The molecular weight excluding hydrogens is 309 g/mol. The van der Waals surface area contributed by atoms with Crippen molar-refractivity contribution in [3.05, 3.63) is 0 Å². The van der Waals surface area contributed by atoms with Gasteiger partial charge in [-0.05, 0) is 31.3 Å². The van der Waals surface area contributed by atoms with Gasteiger partial charge in [-0.3, -0.25) is 4.99 Å². The lowest BCUT2D eigenvalue weighted by Crippen LogP contribution is -2.32. The van der Waals surface area contributed by atoms with Crippen molar-refractivity contribution in [3.8, 4) is 0 Å².